The number of benzene rings is 2. The molecular formula is C18H18O2. The summed E-state index contributed by atoms with van der Waals surface area (Å²) in [5.74, 6) is 6.47. The summed E-state index contributed by atoms with van der Waals surface area (Å²) in [5.41, 5.74) is 4.39. The van der Waals surface area contributed by atoms with E-state index in [0.717, 1.165) is 16.9 Å². The maximum atomic E-state index is 8.78. The fourth-order valence-electron chi connectivity index (χ4n) is 1.87. The van der Waals surface area contributed by atoms with Crippen LogP contribution in [0, 0.1) is 25.7 Å². The lowest BCUT2D eigenvalue weighted by molar-refractivity contribution is 0.305. The minimum absolute atomic E-state index is 0.133. The molecule has 102 valence electrons. The zero-order valence-electron chi connectivity index (χ0n) is 11.8. The van der Waals surface area contributed by atoms with Gasteiger partial charge in [0.25, 0.3) is 0 Å². The summed E-state index contributed by atoms with van der Waals surface area (Å²) in [7, 11) is 0. The smallest absolute Gasteiger partial charge is 0.120 e. The van der Waals surface area contributed by atoms with Gasteiger partial charge in [0, 0.05) is 11.1 Å². The molecule has 0 aliphatic heterocycles. The van der Waals surface area contributed by atoms with Crippen molar-refractivity contribution in [2.75, 3.05) is 6.61 Å². The van der Waals surface area contributed by atoms with Crippen molar-refractivity contribution < 1.29 is 9.84 Å². The summed E-state index contributed by atoms with van der Waals surface area (Å²) >= 11 is 0. The molecule has 0 saturated heterocycles. The van der Waals surface area contributed by atoms with Gasteiger partial charge in [-0.3, -0.25) is 0 Å². The van der Waals surface area contributed by atoms with E-state index >= 15 is 0 Å². The molecule has 0 aromatic heterocycles. The van der Waals surface area contributed by atoms with Crippen molar-refractivity contribution in [3.8, 4) is 17.6 Å². The SMILES string of the molecule is Cc1ccc(OCc2ccccc2C#CCO)cc1C. The fraction of sp³-hybridized carbons (Fsp3) is 0.222. The predicted molar refractivity (Wildman–Crippen MR) is 80.7 cm³/mol. The zero-order chi connectivity index (χ0) is 14.4. The van der Waals surface area contributed by atoms with E-state index in [1.807, 2.05) is 36.4 Å². The molecule has 0 aliphatic carbocycles. The average Bonchev–Trinajstić information content (AvgIpc) is 2.47. The largest absolute Gasteiger partial charge is 0.489 e. The highest BCUT2D eigenvalue weighted by atomic mass is 16.5. The lowest BCUT2D eigenvalue weighted by Gasteiger charge is -2.09. The Labute approximate surface area is 120 Å². The second-order valence-corrected chi connectivity index (χ2v) is 4.65. The third kappa shape index (κ3) is 3.63. The standard InChI is InChI=1S/C18H18O2/c1-14-9-10-18(12-15(14)2)20-13-17-7-4-3-6-16(17)8-5-11-19/h3-4,6-7,9-10,12,19H,11,13H2,1-2H3. The van der Waals surface area contributed by atoms with Crippen LogP contribution in [0.2, 0.25) is 0 Å². The lowest BCUT2D eigenvalue weighted by Crippen LogP contribution is -1.98. The Kier molecular flexibility index (Phi) is 4.81. The first kappa shape index (κ1) is 14.2. The molecule has 0 bridgehead atoms. The van der Waals surface area contributed by atoms with Crippen LogP contribution >= 0.6 is 0 Å². The number of hydrogen-bond donors (Lipinski definition) is 1. The number of aliphatic hydroxyl groups is 1. The quantitative estimate of drug-likeness (QED) is 0.864. The van der Waals surface area contributed by atoms with Crippen molar-refractivity contribution in [2.45, 2.75) is 20.5 Å². The lowest BCUT2D eigenvalue weighted by atomic mass is 10.1. The molecule has 2 heteroatoms. The van der Waals surface area contributed by atoms with Gasteiger partial charge in [0.2, 0.25) is 0 Å². The summed E-state index contributed by atoms with van der Waals surface area (Å²) in [4.78, 5) is 0. The molecule has 0 saturated carbocycles. The Morgan fingerprint density at radius 3 is 2.60 bits per heavy atom. The Hall–Kier alpha value is -2.24. The van der Waals surface area contributed by atoms with Gasteiger partial charge in [-0.2, -0.15) is 0 Å². The summed E-state index contributed by atoms with van der Waals surface area (Å²) in [6.45, 7) is 4.49. The third-order valence-corrected chi connectivity index (χ3v) is 3.19. The van der Waals surface area contributed by atoms with E-state index in [-0.39, 0.29) is 6.61 Å². The highest BCUT2D eigenvalue weighted by Crippen LogP contribution is 2.18. The van der Waals surface area contributed by atoms with E-state index in [1.54, 1.807) is 0 Å². The van der Waals surface area contributed by atoms with Gasteiger partial charge in [0.15, 0.2) is 0 Å². The van der Waals surface area contributed by atoms with Crippen molar-refractivity contribution in [3.63, 3.8) is 0 Å². The van der Waals surface area contributed by atoms with Crippen LogP contribution in [0.15, 0.2) is 42.5 Å². The van der Waals surface area contributed by atoms with Crippen LogP contribution in [0.5, 0.6) is 5.75 Å². The van der Waals surface area contributed by atoms with Crippen molar-refractivity contribution in [1.82, 2.24) is 0 Å². The predicted octanol–water partition coefficient (Wildman–Crippen LogP) is 3.23. The Bertz CT molecular complexity index is 648. The first-order valence-corrected chi connectivity index (χ1v) is 6.58. The van der Waals surface area contributed by atoms with Gasteiger partial charge in [0.05, 0.1) is 0 Å². The van der Waals surface area contributed by atoms with Crippen LogP contribution in [-0.2, 0) is 6.61 Å². The molecule has 0 heterocycles. The molecule has 0 aliphatic rings. The Morgan fingerprint density at radius 2 is 1.85 bits per heavy atom. The van der Waals surface area contributed by atoms with E-state index in [4.69, 9.17) is 9.84 Å². The van der Waals surface area contributed by atoms with Gasteiger partial charge in [-0.25, -0.2) is 0 Å². The van der Waals surface area contributed by atoms with E-state index in [1.165, 1.54) is 11.1 Å². The minimum Gasteiger partial charge on any atom is -0.489 e. The number of aryl methyl sites for hydroxylation is 2. The van der Waals surface area contributed by atoms with Gasteiger partial charge < -0.3 is 9.84 Å². The molecule has 0 unspecified atom stereocenters. The van der Waals surface area contributed by atoms with Gasteiger partial charge >= 0.3 is 0 Å². The number of ether oxygens (including phenoxy) is 1. The zero-order valence-corrected chi connectivity index (χ0v) is 11.8. The van der Waals surface area contributed by atoms with E-state index in [2.05, 4.69) is 31.8 Å². The molecule has 1 N–H and O–H groups in total. The van der Waals surface area contributed by atoms with Crippen LogP contribution in [-0.4, -0.2) is 11.7 Å². The van der Waals surface area contributed by atoms with Crippen LogP contribution in [0.1, 0.15) is 22.3 Å². The van der Waals surface area contributed by atoms with Crippen LogP contribution in [0.4, 0.5) is 0 Å². The molecule has 2 aromatic carbocycles. The van der Waals surface area contributed by atoms with Crippen molar-refractivity contribution in [2.24, 2.45) is 0 Å². The maximum Gasteiger partial charge on any atom is 0.120 e. The van der Waals surface area contributed by atoms with Crippen LogP contribution < -0.4 is 4.74 Å². The summed E-state index contributed by atoms with van der Waals surface area (Å²) < 4.78 is 5.82. The second-order valence-electron chi connectivity index (χ2n) is 4.65. The van der Waals surface area contributed by atoms with Gasteiger partial charge in [-0.1, -0.05) is 36.1 Å². The Morgan fingerprint density at radius 1 is 1.05 bits per heavy atom. The van der Waals surface area contributed by atoms with Gasteiger partial charge in [-0.15, -0.1) is 0 Å². The number of aliphatic hydroxyl groups excluding tert-OH is 1. The van der Waals surface area contributed by atoms with E-state index in [9.17, 15) is 0 Å². The first-order chi connectivity index (χ1) is 9.70. The summed E-state index contributed by atoms with van der Waals surface area (Å²) in [6, 6.07) is 13.9. The molecule has 0 amide bonds. The van der Waals surface area contributed by atoms with Gasteiger partial charge in [0.1, 0.15) is 19.0 Å². The molecule has 0 spiro atoms. The number of hydrogen-bond acceptors (Lipinski definition) is 2. The normalized spacial score (nSPS) is 9.75. The maximum absolute atomic E-state index is 8.78. The number of rotatable bonds is 3. The fourth-order valence-corrected chi connectivity index (χ4v) is 1.87. The molecule has 0 radical (unpaired) electrons. The van der Waals surface area contributed by atoms with E-state index < -0.39 is 0 Å². The highest BCUT2D eigenvalue weighted by molar-refractivity contribution is 5.41. The third-order valence-electron chi connectivity index (χ3n) is 3.19. The highest BCUT2D eigenvalue weighted by Gasteiger charge is 2.02. The van der Waals surface area contributed by atoms with Crippen molar-refractivity contribution in [3.05, 3.63) is 64.7 Å². The summed E-state index contributed by atoms with van der Waals surface area (Å²) in [6.07, 6.45) is 0. The van der Waals surface area contributed by atoms with Crippen LogP contribution in [0.3, 0.4) is 0 Å². The molecule has 2 rings (SSSR count). The first-order valence-electron chi connectivity index (χ1n) is 6.58. The minimum atomic E-state index is -0.133. The molecular weight excluding hydrogens is 248 g/mol. The second kappa shape index (κ2) is 6.79. The molecule has 2 nitrogen and oxygen atoms in total. The average molecular weight is 266 g/mol. The molecule has 2 aromatic rings. The molecule has 0 atom stereocenters. The molecule has 20 heavy (non-hydrogen) atoms. The van der Waals surface area contributed by atoms with Gasteiger partial charge in [-0.05, 0) is 43.2 Å². The topological polar surface area (TPSA) is 29.5 Å². The summed E-state index contributed by atoms with van der Waals surface area (Å²) in [5, 5.41) is 8.78. The van der Waals surface area contributed by atoms with Crippen molar-refractivity contribution in [1.29, 1.82) is 0 Å². The molecule has 0 fully saturated rings. The monoisotopic (exact) mass is 266 g/mol. The van der Waals surface area contributed by atoms with Crippen molar-refractivity contribution >= 4 is 0 Å². The van der Waals surface area contributed by atoms with E-state index in [0.29, 0.717) is 6.61 Å². The van der Waals surface area contributed by atoms with Crippen LogP contribution in [0.25, 0.3) is 0 Å². The Balaban J connectivity index is 2.12.